The summed E-state index contributed by atoms with van der Waals surface area (Å²) < 4.78 is 4.09. The second kappa shape index (κ2) is 5.61. The number of imidazole rings is 1. The van der Waals surface area contributed by atoms with E-state index in [0.717, 1.165) is 25.3 Å². The van der Waals surface area contributed by atoms with Crippen LogP contribution in [-0.4, -0.2) is 50.4 Å². The molecule has 1 fully saturated rings. The molecule has 2 atom stereocenters. The van der Waals surface area contributed by atoms with Gasteiger partial charge in [-0.3, -0.25) is 4.68 Å². The van der Waals surface area contributed by atoms with E-state index in [0.29, 0.717) is 12.0 Å². The van der Waals surface area contributed by atoms with E-state index in [9.17, 15) is 0 Å². The van der Waals surface area contributed by atoms with Gasteiger partial charge in [0.2, 0.25) is 0 Å². The lowest BCUT2D eigenvalue weighted by atomic mass is 10.00. The Hall–Kier alpha value is -1.66. The molecule has 3 rings (SSSR count). The summed E-state index contributed by atoms with van der Waals surface area (Å²) in [6, 6.07) is 2.59. The summed E-state index contributed by atoms with van der Waals surface area (Å²) in [5.74, 6) is 0.483. The van der Waals surface area contributed by atoms with Gasteiger partial charge in [-0.15, -0.1) is 0 Å². The average Bonchev–Trinajstić information content (AvgIpc) is 3.07. The number of likely N-dealkylation sites (N-methyl/N-ethyl adjacent to an activating group) is 1. The minimum absolute atomic E-state index is 0.445. The van der Waals surface area contributed by atoms with Gasteiger partial charge in [-0.25, -0.2) is 4.98 Å². The second-order valence-electron chi connectivity index (χ2n) is 6.15. The van der Waals surface area contributed by atoms with E-state index in [1.165, 1.54) is 11.4 Å². The van der Waals surface area contributed by atoms with Gasteiger partial charge in [-0.2, -0.15) is 5.10 Å². The predicted octanol–water partition coefficient (Wildman–Crippen LogP) is 0.649. The zero-order chi connectivity index (χ0) is 15.0. The standard InChI is InChI=1S/C15H24N6/c1-11-5-12(21(4)18-11)6-17-14-9-19(2)8-13(14)15-7-16-10-20(15)3/h5,7,10,13-14,17H,6,8-9H2,1-4H3/t13-,14-/m1/s1. The number of rotatable bonds is 4. The Morgan fingerprint density at radius 1 is 1.29 bits per heavy atom. The molecule has 0 amide bonds. The third kappa shape index (κ3) is 2.87. The smallest absolute Gasteiger partial charge is 0.0945 e. The fraction of sp³-hybridized carbons (Fsp3) is 0.600. The van der Waals surface area contributed by atoms with Crippen molar-refractivity contribution in [1.82, 2.24) is 29.5 Å². The Morgan fingerprint density at radius 2 is 2.10 bits per heavy atom. The minimum atomic E-state index is 0.445. The first-order valence-electron chi connectivity index (χ1n) is 7.42. The molecule has 0 bridgehead atoms. The Labute approximate surface area is 125 Å². The molecular weight excluding hydrogens is 264 g/mol. The molecule has 0 aliphatic carbocycles. The molecule has 1 saturated heterocycles. The maximum Gasteiger partial charge on any atom is 0.0945 e. The summed E-state index contributed by atoms with van der Waals surface area (Å²) in [5.41, 5.74) is 3.60. The first-order valence-corrected chi connectivity index (χ1v) is 7.42. The van der Waals surface area contributed by atoms with Crippen molar-refractivity contribution >= 4 is 0 Å². The molecule has 0 unspecified atom stereocenters. The minimum Gasteiger partial charge on any atom is -0.337 e. The van der Waals surface area contributed by atoms with Gasteiger partial charge in [0.1, 0.15) is 0 Å². The highest BCUT2D eigenvalue weighted by Gasteiger charge is 2.33. The maximum atomic E-state index is 4.41. The van der Waals surface area contributed by atoms with Crippen molar-refractivity contribution in [2.24, 2.45) is 14.1 Å². The molecule has 0 radical (unpaired) electrons. The van der Waals surface area contributed by atoms with E-state index in [-0.39, 0.29) is 0 Å². The van der Waals surface area contributed by atoms with Crippen molar-refractivity contribution in [3.05, 3.63) is 35.7 Å². The third-order valence-electron chi connectivity index (χ3n) is 4.38. The third-order valence-corrected chi connectivity index (χ3v) is 4.38. The van der Waals surface area contributed by atoms with E-state index < -0.39 is 0 Å². The quantitative estimate of drug-likeness (QED) is 0.897. The number of aromatic nitrogens is 4. The fourth-order valence-electron chi connectivity index (χ4n) is 3.30. The molecule has 1 aliphatic heterocycles. The van der Waals surface area contributed by atoms with Gasteiger partial charge in [0.25, 0.3) is 0 Å². The molecule has 114 valence electrons. The van der Waals surface area contributed by atoms with Crippen molar-refractivity contribution in [2.45, 2.75) is 25.4 Å². The molecule has 3 heterocycles. The molecule has 0 spiro atoms. The number of nitrogens with zero attached hydrogens (tertiary/aromatic N) is 5. The van der Waals surface area contributed by atoms with Gasteiger partial charge >= 0.3 is 0 Å². The highest BCUT2D eigenvalue weighted by atomic mass is 15.3. The van der Waals surface area contributed by atoms with Crippen LogP contribution in [0.4, 0.5) is 0 Å². The number of aryl methyl sites for hydroxylation is 3. The van der Waals surface area contributed by atoms with Crippen LogP contribution in [0.25, 0.3) is 0 Å². The number of hydrogen-bond donors (Lipinski definition) is 1. The lowest BCUT2D eigenvalue weighted by Gasteiger charge is -2.20. The Morgan fingerprint density at radius 3 is 2.71 bits per heavy atom. The molecule has 2 aromatic heterocycles. The van der Waals surface area contributed by atoms with Crippen LogP contribution in [0, 0.1) is 6.92 Å². The molecule has 2 aromatic rings. The monoisotopic (exact) mass is 288 g/mol. The van der Waals surface area contributed by atoms with Crippen molar-refractivity contribution in [3.63, 3.8) is 0 Å². The lowest BCUT2D eigenvalue weighted by molar-refractivity contribution is 0.396. The van der Waals surface area contributed by atoms with Crippen LogP contribution in [0.3, 0.4) is 0 Å². The first kappa shape index (κ1) is 14.3. The molecule has 1 aliphatic rings. The number of nitrogens with one attached hydrogen (secondary N) is 1. The second-order valence-corrected chi connectivity index (χ2v) is 6.15. The summed E-state index contributed by atoms with van der Waals surface area (Å²) in [5, 5.41) is 8.11. The zero-order valence-corrected chi connectivity index (χ0v) is 13.2. The van der Waals surface area contributed by atoms with Crippen LogP contribution in [0.5, 0.6) is 0 Å². The Bertz CT molecular complexity index is 613. The van der Waals surface area contributed by atoms with Crippen molar-refractivity contribution in [3.8, 4) is 0 Å². The summed E-state index contributed by atoms with van der Waals surface area (Å²) in [7, 11) is 6.25. The molecule has 21 heavy (non-hydrogen) atoms. The van der Waals surface area contributed by atoms with Crippen molar-refractivity contribution < 1.29 is 0 Å². The van der Waals surface area contributed by atoms with E-state index in [1.807, 2.05) is 31.2 Å². The van der Waals surface area contributed by atoms with Crippen LogP contribution in [0.15, 0.2) is 18.6 Å². The van der Waals surface area contributed by atoms with Gasteiger partial charge in [0.05, 0.1) is 17.7 Å². The molecular formula is C15H24N6. The largest absolute Gasteiger partial charge is 0.337 e. The highest BCUT2D eigenvalue weighted by Crippen LogP contribution is 2.26. The summed E-state index contributed by atoms with van der Waals surface area (Å²) in [6.45, 7) is 5.02. The molecule has 0 aromatic carbocycles. The van der Waals surface area contributed by atoms with Crippen LogP contribution < -0.4 is 5.32 Å². The zero-order valence-electron chi connectivity index (χ0n) is 13.2. The van der Waals surface area contributed by atoms with Crippen molar-refractivity contribution in [1.29, 1.82) is 0 Å². The predicted molar refractivity (Wildman–Crippen MR) is 82.0 cm³/mol. The maximum absolute atomic E-state index is 4.41. The summed E-state index contributed by atoms with van der Waals surface area (Å²) >= 11 is 0. The van der Waals surface area contributed by atoms with Crippen molar-refractivity contribution in [2.75, 3.05) is 20.1 Å². The summed E-state index contributed by atoms with van der Waals surface area (Å²) in [6.07, 6.45) is 3.88. The Balaban J connectivity index is 1.71. The van der Waals surface area contributed by atoms with Gasteiger partial charge < -0.3 is 14.8 Å². The molecule has 6 heteroatoms. The van der Waals surface area contributed by atoms with Gasteiger partial charge in [0, 0.05) is 57.6 Å². The van der Waals surface area contributed by atoms with Gasteiger partial charge in [-0.05, 0) is 20.0 Å². The molecule has 6 nitrogen and oxygen atoms in total. The summed E-state index contributed by atoms with van der Waals surface area (Å²) in [4.78, 5) is 6.64. The topological polar surface area (TPSA) is 50.9 Å². The first-order chi connectivity index (χ1) is 10.0. The van der Waals surface area contributed by atoms with Crippen LogP contribution >= 0.6 is 0 Å². The van der Waals surface area contributed by atoms with Gasteiger partial charge in [0.15, 0.2) is 0 Å². The molecule has 0 saturated carbocycles. The Kier molecular flexibility index (Phi) is 3.82. The lowest BCUT2D eigenvalue weighted by Crippen LogP contribution is -2.35. The molecule has 1 N–H and O–H groups in total. The number of hydrogen-bond acceptors (Lipinski definition) is 4. The SMILES string of the molecule is Cc1cc(CN[C@@H]2CN(C)C[C@H]2c2cncn2C)n(C)n1. The number of likely N-dealkylation sites (tertiary alicyclic amines) is 1. The van der Waals surface area contributed by atoms with Crippen LogP contribution in [0.1, 0.15) is 23.0 Å². The average molecular weight is 288 g/mol. The van der Waals surface area contributed by atoms with E-state index in [2.05, 4.69) is 45.0 Å². The normalized spacial score (nSPS) is 23.0. The van der Waals surface area contributed by atoms with Crippen LogP contribution in [0.2, 0.25) is 0 Å². The fourth-order valence-corrected chi connectivity index (χ4v) is 3.30. The van der Waals surface area contributed by atoms with E-state index in [4.69, 9.17) is 0 Å². The van der Waals surface area contributed by atoms with E-state index >= 15 is 0 Å². The van der Waals surface area contributed by atoms with Crippen LogP contribution in [-0.2, 0) is 20.6 Å². The van der Waals surface area contributed by atoms with E-state index in [1.54, 1.807) is 0 Å². The van der Waals surface area contributed by atoms with Gasteiger partial charge in [-0.1, -0.05) is 0 Å². The highest BCUT2D eigenvalue weighted by molar-refractivity contribution is 5.15.